The fourth-order valence-corrected chi connectivity index (χ4v) is 11.5. The van der Waals surface area contributed by atoms with E-state index in [9.17, 15) is 51.9 Å². The van der Waals surface area contributed by atoms with E-state index >= 15 is 0 Å². The summed E-state index contributed by atoms with van der Waals surface area (Å²) < 4.78 is 197. The second-order valence-corrected chi connectivity index (χ2v) is 24.6. The zero-order valence-electron chi connectivity index (χ0n) is 45.5. The lowest BCUT2D eigenvalue weighted by molar-refractivity contribution is -0.0141. The van der Waals surface area contributed by atoms with Crippen molar-refractivity contribution in [3.63, 3.8) is 0 Å². The van der Waals surface area contributed by atoms with Crippen molar-refractivity contribution >= 4 is 73.4 Å². The standard InChI is InChI=1S/C52H74N2O22S4/c1-51(2)48(54-44-12-11-41-42(49(44)51)35-39(78(58,59)60)36-46(41)79(61,62)63)8-6-7-13-52(3,14-16-69-22-24-73-28-26-71-20-18-67-4)50-43-34-38(77(55,56)57)9-10-40(43)47(80(64,65)66)37-45(50)53-15-17-70-23-25-74-30-31-76-33-32-75-29-27-72-21-19-68-5/h6-12,34-37,53-54H,13-33H2,1-5H3,(H,55,56,57)(H,58,59,60)(H,61,62,63)(H,64,65,66)/b7-6+,48-8+. The van der Waals surface area contributed by atoms with E-state index in [1.165, 1.54) is 18.2 Å². The van der Waals surface area contributed by atoms with Gasteiger partial charge < -0.3 is 58.0 Å². The number of allylic oxidation sites excluding steroid dienone is 4. The smallest absolute Gasteiger partial charge is 0.295 e. The topological polar surface area (TPSA) is 334 Å². The average Bonchev–Trinajstić information content (AvgIpc) is 3.67. The monoisotopic (exact) mass is 1210 g/mol. The van der Waals surface area contributed by atoms with Crippen LogP contribution in [0.4, 0.5) is 11.4 Å². The molecule has 24 nitrogen and oxygen atoms in total. The van der Waals surface area contributed by atoms with Gasteiger partial charge in [-0.25, -0.2) is 0 Å². The van der Waals surface area contributed by atoms with Crippen molar-refractivity contribution in [1.29, 1.82) is 0 Å². The number of benzene rings is 4. The molecule has 0 bridgehead atoms. The zero-order valence-corrected chi connectivity index (χ0v) is 48.7. The second kappa shape index (κ2) is 30.9. The number of rotatable bonds is 39. The van der Waals surface area contributed by atoms with Crippen molar-refractivity contribution < 1.29 is 99.3 Å². The molecular weight excluding hydrogens is 1130 g/mol. The molecule has 1 aliphatic rings. The van der Waals surface area contributed by atoms with E-state index in [2.05, 4.69) is 10.6 Å². The molecule has 0 radical (unpaired) electrons. The van der Waals surface area contributed by atoms with Crippen LogP contribution in [0.5, 0.6) is 0 Å². The summed E-state index contributed by atoms with van der Waals surface area (Å²) in [6.45, 7) is 11.4. The van der Waals surface area contributed by atoms with Gasteiger partial charge in [0.2, 0.25) is 0 Å². The molecule has 0 fully saturated rings. The summed E-state index contributed by atoms with van der Waals surface area (Å²) >= 11 is 0. The van der Waals surface area contributed by atoms with Crippen LogP contribution < -0.4 is 10.6 Å². The number of anilines is 2. The summed E-state index contributed by atoms with van der Waals surface area (Å²) in [5.41, 5.74) is 0.106. The highest BCUT2D eigenvalue weighted by Crippen LogP contribution is 2.49. The Kier molecular flexibility index (Phi) is 25.7. The highest BCUT2D eigenvalue weighted by molar-refractivity contribution is 7.87. The molecule has 0 aliphatic carbocycles. The number of fused-ring (bicyclic) bond motifs is 4. The number of hydrogen-bond donors (Lipinski definition) is 6. The molecule has 0 amide bonds. The van der Waals surface area contributed by atoms with Crippen LogP contribution in [0, 0.1) is 0 Å². The van der Waals surface area contributed by atoms with Gasteiger partial charge in [0.15, 0.2) is 0 Å². The van der Waals surface area contributed by atoms with Crippen molar-refractivity contribution in [2.45, 2.75) is 64.0 Å². The minimum absolute atomic E-state index is 0.0170. The van der Waals surface area contributed by atoms with Gasteiger partial charge in [-0.1, -0.05) is 45.1 Å². The van der Waals surface area contributed by atoms with Gasteiger partial charge >= 0.3 is 0 Å². The fourth-order valence-electron chi connectivity index (χ4n) is 8.92. The Morgan fingerprint density at radius 2 is 0.963 bits per heavy atom. The maximum absolute atomic E-state index is 13.1. The third kappa shape index (κ3) is 19.4. The predicted molar refractivity (Wildman–Crippen MR) is 296 cm³/mol. The average molecular weight is 1210 g/mol. The van der Waals surface area contributed by atoms with E-state index in [1.54, 1.807) is 32.4 Å². The number of methoxy groups -OCH3 is 2. The molecule has 0 spiro atoms. The van der Waals surface area contributed by atoms with Crippen LogP contribution in [0.3, 0.4) is 0 Å². The van der Waals surface area contributed by atoms with E-state index in [1.807, 2.05) is 26.8 Å². The molecule has 5 rings (SSSR count). The first-order valence-corrected chi connectivity index (χ1v) is 31.2. The fraction of sp³-hybridized carbons (Fsp3) is 0.538. The molecule has 0 aromatic heterocycles. The maximum atomic E-state index is 13.1. The molecule has 1 aliphatic heterocycles. The van der Waals surface area contributed by atoms with Crippen LogP contribution >= 0.6 is 0 Å². The Balaban J connectivity index is 1.42. The summed E-state index contributed by atoms with van der Waals surface area (Å²) in [4.78, 5) is -2.52. The van der Waals surface area contributed by atoms with Gasteiger partial charge in [0, 0.05) is 66.0 Å². The van der Waals surface area contributed by atoms with Crippen molar-refractivity contribution in [1.82, 2.24) is 0 Å². The van der Waals surface area contributed by atoms with E-state index in [4.69, 9.17) is 47.4 Å². The van der Waals surface area contributed by atoms with Gasteiger partial charge in [-0.2, -0.15) is 33.7 Å². The van der Waals surface area contributed by atoms with Crippen LogP contribution in [-0.4, -0.2) is 192 Å². The molecule has 80 heavy (non-hydrogen) atoms. The van der Waals surface area contributed by atoms with Crippen LogP contribution in [-0.2, 0) is 98.7 Å². The SMILES string of the molecule is COCCOCCOCCOCCOCCOCCNc1cc(S(=O)(=O)O)c2ccc(S(=O)(=O)O)cc2c1C(C)(C/C=C/C=C1/Nc2ccc3c(S(=O)(=O)O)cc(S(=O)(=O)O)cc3c2C1(C)C)CCOCCOCCOCCOC. The highest BCUT2D eigenvalue weighted by Gasteiger charge is 2.38. The molecule has 4 aromatic rings. The van der Waals surface area contributed by atoms with Crippen LogP contribution in [0.1, 0.15) is 44.7 Å². The van der Waals surface area contributed by atoms with Crippen molar-refractivity contribution in [3.05, 3.63) is 83.6 Å². The number of ether oxygens (including phenoxy) is 10. The first-order valence-electron chi connectivity index (χ1n) is 25.4. The first-order chi connectivity index (χ1) is 37.8. The molecule has 0 saturated carbocycles. The van der Waals surface area contributed by atoms with E-state index < -0.39 is 70.9 Å². The molecule has 448 valence electrons. The van der Waals surface area contributed by atoms with Gasteiger partial charge in [-0.05, 0) is 77.2 Å². The Labute approximate surface area is 468 Å². The Bertz CT molecular complexity index is 3210. The summed E-state index contributed by atoms with van der Waals surface area (Å²) in [7, 11) is -16.5. The van der Waals surface area contributed by atoms with Crippen LogP contribution in [0.25, 0.3) is 21.5 Å². The van der Waals surface area contributed by atoms with Gasteiger partial charge in [-0.3, -0.25) is 18.2 Å². The van der Waals surface area contributed by atoms with E-state index in [-0.39, 0.29) is 86.3 Å². The van der Waals surface area contributed by atoms with Gasteiger partial charge in [0.1, 0.15) is 9.79 Å². The van der Waals surface area contributed by atoms with Crippen molar-refractivity contribution in [2.24, 2.45) is 0 Å². The largest absolute Gasteiger partial charge is 0.382 e. The van der Waals surface area contributed by atoms with Gasteiger partial charge in [-0.15, -0.1) is 0 Å². The predicted octanol–water partition coefficient (Wildman–Crippen LogP) is 5.70. The maximum Gasteiger partial charge on any atom is 0.295 e. The third-order valence-electron chi connectivity index (χ3n) is 12.9. The van der Waals surface area contributed by atoms with Gasteiger partial charge in [0.05, 0.1) is 122 Å². The minimum atomic E-state index is -4.96. The molecule has 0 saturated heterocycles. The lowest BCUT2D eigenvalue weighted by Crippen LogP contribution is -2.27. The Hall–Kier alpha value is -4.28. The van der Waals surface area contributed by atoms with Crippen LogP contribution in [0.15, 0.2) is 92.0 Å². The molecule has 6 N–H and O–H groups in total. The molecule has 1 heterocycles. The van der Waals surface area contributed by atoms with Gasteiger partial charge in [0.25, 0.3) is 40.5 Å². The molecule has 1 atom stereocenters. The normalized spacial score (nSPS) is 15.3. The van der Waals surface area contributed by atoms with E-state index in [0.29, 0.717) is 108 Å². The number of hydrogen-bond acceptors (Lipinski definition) is 20. The quantitative estimate of drug-likeness (QED) is 0.0230. The summed E-state index contributed by atoms with van der Waals surface area (Å²) in [5.74, 6) is 0. The van der Waals surface area contributed by atoms with Crippen LogP contribution in [0.2, 0.25) is 0 Å². The zero-order chi connectivity index (χ0) is 58.6. The molecule has 4 aromatic carbocycles. The molecule has 28 heteroatoms. The lowest BCUT2D eigenvalue weighted by atomic mass is 9.74. The number of nitrogens with one attached hydrogen (secondary N) is 2. The summed E-state index contributed by atoms with van der Waals surface area (Å²) in [6, 6.07) is 9.44. The van der Waals surface area contributed by atoms with E-state index in [0.717, 1.165) is 18.2 Å². The summed E-state index contributed by atoms with van der Waals surface area (Å²) in [5, 5.41) is 6.75. The lowest BCUT2D eigenvalue weighted by Gasteiger charge is -2.33. The first kappa shape index (κ1) is 66.5. The van der Waals surface area contributed by atoms with Crippen molar-refractivity contribution in [2.75, 3.05) is 150 Å². The molecule has 1 unspecified atom stereocenters. The minimum Gasteiger partial charge on any atom is -0.382 e. The Morgan fingerprint density at radius 3 is 1.45 bits per heavy atom. The van der Waals surface area contributed by atoms with Crippen molar-refractivity contribution in [3.8, 4) is 0 Å². The Morgan fingerprint density at radius 1 is 0.525 bits per heavy atom. The summed E-state index contributed by atoms with van der Waals surface area (Å²) in [6.07, 6.45) is 5.69. The third-order valence-corrected chi connectivity index (χ3v) is 16.4. The highest BCUT2D eigenvalue weighted by atomic mass is 32.2. The second-order valence-electron chi connectivity index (χ2n) is 19.0. The molecular formula is C52H74N2O22S4.